The fourth-order valence-electron chi connectivity index (χ4n) is 2.08. The Kier molecular flexibility index (Phi) is 4.64. The molecule has 0 radical (unpaired) electrons. The quantitative estimate of drug-likeness (QED) is 0.721. The first kappa shape index (κ1) is 16.2. The molecule has 1 amide bonds. The number of ether oxygens (including phenoxy) is 1. The number of thiazole rings is 1. The summed E-state index contributed by atoms with van der Waals surface area (Å²) in [5, 5.41) is 8.79. The third kappa shape index (κ3) is 3.32. The summed E-state index contributed by atoms with van der Waals surface area (Å²) in [6, 6.07) is 11.9. The van der Waals surface area contributed by atoms with Gasteiger partial charge in [-0.3, -0.25) is 4.90 Å². The minimum absolute atomic E-state index is 0.369. The minimum atomic E-state index is -0.537. The molecule has 0 N–H and O–H groups in total. The number of benzene rings is 1. The smallest absolute Gasteiger partial charge is 0.410 e. The Hall–Kier alpha value is -2.63. The van der Waals surface area contributed by atoms with Gasteiger partial charge in [-0.25, -0.2) is 14.8 Å². The van der Waals surface area contributed by atoms with Gasteiger partial charge in [-0.2, -0.15) is 5.26 Å². The van der Waals surface area contributed by atoms with Crippen molar-refractivity contribution in [1.29, 1.82) is 5.26 Å². The molecule has 2 heterocycles. The maximum Gasteiger partial charge on any atom is 0.420 e. The molecule has 3 aromatic rings. The Morgan fingerprint density at radius 3 is 2.71 bits per heavy atom. The Balaban J connectivity index is 1.82. The molecule has 0 aliphatic rings. The van der Waals surface area contributed by atoms with Gasteiger partial charge in [-0.1, -0.05) is 11.3 Å². The summed E-state index contributed by atoms with van der Waals surface area (Å²) in [6.07, 6.45) is -0.537. The molecule has 0 aliphatic carbocycles. The SMILES string of the molecule is CCN(C(=O)Oc1ccc(C#N)cc1)c1ccc2nc(S)sc2n1. The zero-order valence-corrected chi connectivity index (χ0v) is 14.3. The topological polar surface area (TPSA) is 79.1 Å². The van der Waals surface area contributed by atoms with Gasteiger partial charge in [0, 0.05) is 6.54 Å². The standard InChI is InChI=1S/C16H12N4O2S2/c1-2-20(13-8-7-12-14(19-13)24-15(23)18-12)16(21)22-11-5-3-10(9-17)4-6-11/h3-8H,2H2,1H3,(H,18,23). The third-order valence-corrected chi connectivity index (χ3v) is 4.37. The largest absolute Gasteiger partial charge is 0.420 e. The number of nitriles is 1. The Labute approximate surface area is 147 Å². The van der Waals surface area contributed by atoms with Crippen LogP contribution in [0.2, 0.25) is 0 Å². The van der Waals surface area contributed by atoms with E-state index in [1.165, 1.54) is 16.2 Å². The molecule has 2 aromatic heterocycles. The van der Waals surface area contributed by atoms with E-state index in [-0.39, 0.29) is 0 Å². The Bertz CT molecular complexity index is 931. The van der Waals surface area contributed by atoms with Crippen LogP contribution in [0.15, 0.2) is 40.7 Å². The zero-order valence-electron chi connectivity index (χ0n) is 12.6. The lowest BCUT2D eigenvalue weighted by Gasteiger charge is -2.19. The molecule has 3 rings (SSSR count). The first-order valence-corrected chi connectivity index (χ1v) is 8.33. The van der Waals surface area contributed by atoms with E-state index in [0.29, 0.717) is 32.8 Å². The van der Waals surface area contributed by atoms with Gasteiger partial charge >= 0.3 is 6.09 Å². The fraction of sp³-hybridized carbons (Fsp3) is 0.125. The van der Waals surface area contributed by atoms with Gasteiger partial charge in [0.25, 0.3) is 0 Å². The van der Waals surface area contributed by atoms with E-state index < -0.39 is 6.09 Å². The molecule has 0 saturated heterocycles. The summed E-state index contributed by atoms with van der Waals surface area (Å²) < 4.78 is 5.97. The van der Waals surface area contributed by atoms with Gasteiger partial charge < -0.3 is 4.74 Å². The summed E-state index contributed by atoms with van der Waals surface area (Å²) in [4.78, 5) is 23.2. The number of nitrogens with zero attached hydrogens (tertiary/aromatic N) is 4. The summed E-state index contributed by atoms with van der Waals surface area (Å²) in [7, 11) is 0. The highest BCUT2D eigenvalue weighted by Crippen LogP contribution is 2.25. The molecule has 0 bridgehead atoms. The monoisotopic (exact) mass is 356 g/mol. The Morgan fingerprint density at radius 2 is 2.04 bits per heavy atom. The van der Waals surface area contributed by atoms with Crippen LogP contribution in [-0.4, -0.2) is 22.6 Å². The van der Waals surface area contributed by atoms with Crippen molar-refractivity contribution in [2.75, 3.05) is 11.4 Å². The van der Waals surface area contributed by atoms with Crippen LogP contribution in [0.25, 0.3) is 10.3 Å². The number of amides is 1. The molecule has 0 aliphatic heterocycles. The van der Waals surface area contributed by atoms with E-state index >= 15 is 0 Å². The molecule has 0 saturated carbocycles. The summed E-state index contributed by atoms with van der Waals surface area (Å²) in [6.45, 7) is 2.24. The summed E-state index contributed by atoms with van der Waals surface area (Å²) in [5.74, 6) is 0.856. The molecule has 6 nitrogen and oxygen atoms in total. The van der Waals surface area contributed by atoms with E-state index in [1.807, 2.05) is 13.0 Å². The van der Waals surface area contributed by atoms with E-state index in [0.717, 1.165) is 5.52 Å². The molecule has 8 heteroatoms. The lowest BCUT2D eigenvalue weighted by molar-refractivity contribution is 0.207. The number of aromatic nitrogens is 2. The van der Waals surface area contributed by atoms with Crippen LogP contribution in [0.4, 0.5) is 10.6 Å². The maximum absolute atomic E-state index is 12.4. The van der Waals surface area contributed by atoms with E-state index in [2.05, 4.69) is 22.6 Å². The maximum atomic E-state index is 12.4. The average molecular weight is 356 g/mol. The summed E-state index contributed by atoms with van der Waals surface area (Å²) in [5.41, 5.74) is 1.24. The van der Waals surface area contributed by atoms with Crippen LogP contribution in [0.5, 0.6) is 5.75 Å². The second-order valence-electron chi connectivity index (χ2n) is 4.74. The van der Waals surface area contributed by atoms with E-state index in [1.54, 1.807) is 36.4 Å². The van der Waals surface area contributed by atoms with Crippen molar-refractivity contribution in [1.82, 2.24) is 9.97 Å². The highest BCUT2D eigenvalue weighted by Gasteiger charge is 2.18. The van der Waals surface area contributed by atoms with Crippen molar-refractivity contribution < 1.29 is 9.53 Å². The predicted molar refractivity (Wildman–Crippen MR) is 94.9 cm³/mol. The molecule has 0 spiro atoms. The molecule has 0 atom stereocenters. The van der Waals surface area contributed by atoms with Gasteiger partial charge in [-0.15, -0.1) is 12.6 Å². The van der Waals surface area contributed by atoms with Crippen LogP contribution in [0.1, 0.15) is 12.5 Å². The molecule has 0 fully saturated rings. The van der Waals surface area contributed by atoms with Gasteiger partial charge in [0.05, 0.1) is 11.6 Å². The number of carbonyl (C=O) groups excluding carboxylic acids is 1. The summed E-state index contributed by atoms with van der Waals surface area (Å²) >= 11 is 5.56. The number of rotatable bonds is 3. The number of pyridine rings is 1. The second kappa shape index (κ2) is 6.86. The van der Waals surface area contributed by atoms with Crippen LogP contribution in [0, 0.1) is 11.3 Å². The number of thiol groups is 1. The van der Waals surface area contributed by atoms with Crippen molar-refractivity contribution in [3.8, 4) is 11.8 Å². The van der Waals surface area contributed by atoms with Crippen LogP contribution < -0.4 is 9.64 Å². The molecular weight excluding hydrogens is 344 g/mol. The van der Waals surface area contributed by atoms with Crippen molar-refractivity contribution in [2.45, 2.75) is 11.3 Å². The molecular formula is C16H12N4O2S2. The average Bonchev–Trinajstić information content (AvgIpc) is 2.95. The molecule has 1 aromatic carbocycles. The number of carbonyl (C=O) groups is 1. The number of fused-ring (bicyclic) bond motifs is 1. The normalized spacial score (nSPS) is 10.4. The number of hydrogen-bond donors (Lipinski definition) is 1. The van der Waals surface area contributed by atoms with E-state index in [9.17, 15) is 4.79 Å². The molecule has 0 unspecified atom stereocenters. The van der Waals surface area contributed by atoms with E-state index in [4.69, 9.17) is 10.00 Å². The van der Waals surface area contributed by atoms with Crippen molar-refractivity contribution in [3.63, 3.8) is 0 Å². The highest BCUT2D eigenvalue weighted by atomic mass is 32.2. The first-order valence-electron chi connectivity index (χ1n) is 7.06. The van der Waals surface area contributed by atoms with Crippen LogP contribution >= 0.6 is 24.0 Å². The van der Waals surface area contributed by atoms with Gasteiger partial charge in [0.1, 0.15) is 26.3 Å². The fourth-order valence-corrected chi connectivity index (χ4v) is 3.13. The minimum Gasteiger partial charge on any atom is -0.410 e. The second-order valence-corrected chi connectivity index (χ2v) is 6.44. The lowest BCUT2D eigenvalue weighted by Crippen LogP contribution is -2.33. The van der Waals surface area contributed by atoms with Crippen molar-refractivity contribution in [2.24, 2.45) is 0 Å². The lowest BCUT2D eigenvalue weighted by atomic mass is 10.2. The molecule has 120 valence electrons. The first-order chi connectivity index (χ1) is 11.6. The predicted octanol–water partition coefficient (Wildman–Crippen LogP) is 3.88. The van der Waals surface area contributed by atoms with Crippen LogP contribution in [-0.2, 0) is 0 Å². The van der Waals surface area contributed by atoms with Gasteiger partial charge in [-0.05, 0) is 43.3 Å². The number of hydrogen-bond acceptors (Lipinski definition) is 7. The zero-order chi connectivity index (χ0) is 17.1. The van der Waals surface area contributed by atoms with Gasteiger partial charge in [0.2, 0.25) is 0 Å². The van der Waals surface area contributed by atoms with Crippen LogP contribution in [0.3, 0.4) is 0 Å². The van der Waals surface area contributed by atoms with Crippen molar-refractivity contribution >= 4 is 46.2 Å². The van der Waals surface area contributed by atoms with Gasteiger partial charge in [0.15, 0.2) is 0 Å². The van der Waals surface area contributed by atoms with Crippen molar-refractivity contribution in [3.05, 3.63) is 42.0 Å². The number of anilines is 1. The third-order valence-electron chi connectivity index (χ3n) is 3.23. The molecule has 24 heavy (non-hydrogen) atoms. The highest BCUT2D eigenvalue weighted by molar-refractivity contribution is 7.82. The Morgan fingerprint density at radius 1 is 1.29 bits per heavy atom.